The summed E-state index contributed by atoms with van der Waals surface area (Å²) in [4.78, 5) is 24.6. The lowest BCUT2D eigenvalue weighted by molar-refractivity contribution is -0.148. The molecule has 0 spiro atoms. The van der Waals surface area contributed by atoms with Gasteiger partial charge in [-0.3, -0.25) is 4.79 Å². The van der Waals surface area contributed by atoms with Crippen molar-refractivity contribution in [3.8, 4) is 0 Å². The van der Waals surface area contributed by atoms with E-state index in [9.17, 15) is 14.7 Å². The number of likely N-dealkylation sites (tertiary alicyclic amines) is 1. The second kappa shape index (κ2) is 12.3. The van der Waals surface area contributed by atoms with Crippen LogP contribution in [0.15, 0.2) is 0 Å². The summed E-state index contributed by atoms with van der Waals surface area (Å²) in [7, 11) is 0. The lowest BCUT2D eigenvalue weighted by Crippen LogP contribution is -2.40. The molecule has 5 heteroatoms. The maximum Gasteiger partial charge on any atom is 0.326 e. The van der Waals surface area contributed by atoms with Gasteiger partial charge in [-0.1, -0.05) is 71.1 Å². The van der Waals surface area contributed by atoms with Crippen LogP contribution in [-0.2, 0) is 9.59 Å². The number of aliphatic hydroxyl groups excluding tert-OH is 1. The van der Waals surface area contributed by atoms with E-state index in [1.54, 1.807) is 0 Å². The molecule has 5 nitrogen and oxygen atoms in total. The fourth-order valence-corrected chi connectivity index (χ4v) is 3.41. The van der Waals surface area contributed by atoms with E-state index in [1.807, 2.05) is 0 Å². The van der Waals surface area contributed by atoms with Crippen molar-refractivity contribution in [1.82, 2.24) is 4.90 Å². The van der Waals surface area contributed by atoms with E-state index in [-0.39, 0.29) is 18.9 Å². The summed E-state index contributed by atoms with van der Waals surface area (Å²) in [6.45, 7) is 2.40. The molecule has 1 saturated heterocycles. The third-order valence-electron chi connectivity index (χ3n) is 4.88. The fraction of sp³-hybridized carbons (Fsp3) is 0.895. The van der Waals surface area contributed by atoms with Crippen LogP contribution in [0.1, 0.15) is 90.4 Å². The molecule has 1 aliphatic heterocycles. The Hall–Kier alpha value is -1.10. The Labute approximate surface area is 146 Å². The molecule has 24 heavy (non-hydrogen) atoms. The van der Waals surface area contributed by atoms with Gasteiger partial charge in [-0.2, -0.15) is 0 Å². The first kappa shape index (κ1) is 20.9. The van der Waals surface area contributed by atoms with Crippen LogP contribution in [0.2, 0.25) is 0 Å². The molecule has 140 valence electrons. The fourth-order valence-electron chi connectivity index (χ4n) is 3.41. The summed E-state index contributed by atoms with van der Waals surface area (Å²) in [6, 6.07) is -0.847. The molecule has 0 radical (unpaired) electrons. The molecule has 0 aromatic rings. The molecule has 1 amide bonds. The number of hydrogen-bond donors (Lipinski definition) is 2. The number of aliphatic hydroxyl groups is 1. The standard InChI is InChI=1S/C19H35NO4/c1-2-3-4-5-6-7-8-9-10-11-12-13-18(22)20-15-16(21)14-17(20)19(23)24/h16-17,21H,2-15H2,1H3,(H,23,24)/t16?,17-/m0/s1. The number of rotatable bonds is 13. The normalized spacial score (nSPS) is 20.5. The van der Waals surface area contributed by atoms with Crippen LogP contribution in [0.3, 0.4) is 0 Å². The van der Waals surface area contributed by atoms with E-state index in [2.05, 4.69) is 6.92 Å². The predicted molar refractivity (Wildman–Crippen MR) is 94.8 cm³/mol. The van der Waals surface area contributed by atoms with Gasteiger partial charge in [0.25, 0.3) is 0 Å². The number of carboxylic acid groups (broad SMARTS) is 1. The van der Waals surface area contributed by atoms with E-state index >= 15 is 0 Å². The first-order chi connectivity index (χ1) is 11.6. The van der Waals surface area contributed by atoms with Gasteiger partial charge in [0.15, 0.2) is 0 Å². The zero-order chi connectivity index (χ0) is 17.8. The summed E-state index contributed by atoms with van der Waals surface area (Å²) >= 11 is 0. The molecule has 0 saturated carbocycles. The molecular weight excluding hydrogens is 306 g/mol. The van der Waals surface area contributed by atoms with E-state index < -0.39 is 18.1 Å². The van der Waals surface area contributed by atoms with Crippen LogP contribution in [0, 0.1) is 0 Å². The highest BCUT2D eigenvalue weighted by molar-refractivity contribution is 5.84. The maximum absolute atomic E-state index is 12.1. The van der Waals surface area contributed by atoms with E-state index in [0.29, 0.717) is 6.42 Å². The van der Waals surface area contributed by atoms with Crippen molar-refractivity contribution < 1.29 is 19.8 Å². The van der Waals surface area contributed by atoms with Crippen LogP contribution in [0.5, 0.6) is 0 Å². The Kier molecular flexibility index (Phi) is 10.7. The highest BCUT2D eigenvalue weighted by atomic mass is 16.4. The lowest BCUT2D eigenvalue weighted by atomic mass is 10.1. The van der Waals surface area contributed by atoms with Crippen molar-refractivity contribution in [3.63, 3.8) is 0 Å². The van der Waals surface area contributed by atoms with Crippen molar-refractivity contribution in [2.45, 2.75) is 103 Å². The minimum absolute atomic E-state index is 0.130. The molecule has 0 bridgehead atoms. The van der Waals surface area contributed by atoms with Gasteiger partial charge in [0.2, 0.25) is 5.91 Å². The van der Waals surface area contributed by atoms with Gasteiger partial charge in [0.1, 0.15) is 6.04 Å². The Morgan fingerprint density at radius 1 is 0.917 bits per heavy atom. The number of β-amino-alcohol motifs (C(OH)–C–C–N with tert-alkyl or cyclic N) is 1. The van der Waals surface area contributed by atoms with Crippen molar-refractivity contribution in [2.24, 2.45) is 0 Å². The Morgan fingerprint density at radius 2 is 1.42 bits per heavy atom. The summed E-state index contributed by atoms with van der Waals surface area (Å²) in [6.07, 6.45) is 13.3. The van der Waals surface area contributed by atoms with E-state index in [0.717, 1.165) is 19.3 Å². The SMILES string of the molecule is CCCCCCCCCCCCCC(=O)N1CC(O)C[C@H]1C(=O)O. The van der Waals surface area contributed by atoms with Crippen LogP contribution >= 0.6 is 0 Å². The molecule has 2 atom stereocenters. The maximum atomic E-state index is 12.1. The summed E-state index contributed by atoms with van der Waals surface area (Å²) < 4.78 is 0. The van der Waals surface area contributed by atoms with Gasteiger partial charge in [-0.25, -0.2) is 4.79 Å². The Balaban J connectivity index is 2.01. The third-order valence-corrected chi connectivity index (χ3v) is 4.88. The van der Waals surface area contributed by atoms with Crippen LogP contribution in [0.25, 0.3) is 0 Å². The molecule has 0 aromatic carbocycles. The molecule has 0 aromatic heterocycles. The first-order valence-corrected chi connectivity index (χ1v) is 9.76. The number of carbonyl (C=O) groups excluding carboxylic acids is 1. The average Bonchev–Trinajstić information content (AvgIpc) is 2.94. The van der Waals surface area contributed by atoms with Gasteiger partial charge in [-0.05, 0) is 6.42 Å². The molecule has 1 unspecified atom stereocenters. The number of aliphatic carboxylic acids is 1. The van der Waals surface area contributed by atoms with Gasteiger partial charge in [0, 0.05) is 19.4 Å². The second-order valence-electron chi connectivity index (χ2n) is 7.08. The number of carbonyl (C=O) groups is 2. The van der Waals surface area contributed by atoms with Gasteiger partial charge in [-0.15, -0.1) is 0 Å². The largest absolute Gasteiger partial charge is 0.480 e. The molecule has 1 aliphatic rings. The van der Waals surface area contributed by atoms with E-state index in [1.165, 1.54) is 56.3 Å². The lowest BCUT2D eigenvalue weighted by Gasteiger charge is -2.21. The minimum atomic E-state index is -1.01. The molecule has 1 rings (SSSR count). The van der Waals surface area contributed by atoms with Gasteiger partial charge < -0.3 is 15.1 Å². The molecule has 1 fully saturated rings. The average molecular weight is 341 g/mol. The van der Waals surface area contributed by atoms with Crippen molar-refractivity contribution >= 4 is 11.9 Å². The van der Waals surface area contributed by atoms with Crippen molar-refractivity contribution in [3.05, 3.63) is 0 Å². The molecule has 0 aliphatic carbocycles. The number of nitrogens with zero attached hydrogens (tertiary/aromatic N) is 1. The second-order valence-corrected chi connectivity index (χ2v) is 7.08. The first-order valence-electron chi connectivity index (χ1n) is 9.76. The molecular formula is C19H35NO4. The van der Waals surface area contributed by atoms with Gasteiger partial charge >= 0.3 is 5.97 Å². The number of amides is 1. The molecule has 1 heterocycles. The van der Waals surface area contributed by atoms with Crippen molar-refractivity contribution in [1.29, 1.82) is 0 Å². The van der Waals surface area contributed by atoms with Crippen LogP contribution < -0.4 is 0 Å². The highest BCUT2D eigenvalue weighted by Gasteiger charge is 2.38. The zero-order valence-corrected chi connectivity index (χ0v) is 15.2. The van der Waals surface area contributed by atoms with E-state index in [4.69, 9.17) is 5.11 Å². The quantitative estimate of drug-likeness (QED) is 0.500. The topological polar surface area (TPSA) is 77.8 Å². The Morgan fingerprint density at radius 3 is 1.92 bits per heavy atom. The summed E-state index contributed by atoms with van der Waals surface area (Å²) in [5.41, 5.74) is 0. The number of unbranched alkanes of at least 4 members (excludes halogenated alkanes) is 10. The van der Waals surface area contributed by atoms with Gasteiger partial charge in [0.05, 0.1) is 6.10 Å². The Bertz CT molecular complexity index is 372. The zero-order valence-electron chi connectivity index (χ0n) is 15.2. The van der Waals surface area contributed by atoms with Crippen molar-refractivity contribution in [2.75, 3.05) is 6.54 Å². The smallest absolute Gasteiger partial charge is 0.326 e. The summed E-state index contributed by atoms with van der Waals surface area (Å²) in [5.74, 6) is -1.14. The van der Waals surface area contributed by atoms with Crippen LogP contribution in [-0.4, -0.2) is 45.7 Å². The highest BCUT2D eigenvalue weighted by Crippen LogP contribution is 2.20. The molecule has 2 N–H and O–H groups in total. The predicted octanol–water partition coefficient (Wildman–Crippen LogP) is 3.73. The third kappa shape index (κ3) is 8.13. The summed E-state index contributed by atoms with van der Waals surface area (Å²) in [5, 5.41) is 18.7. The number of carboxylic acids is 1. The number of hydrogen-bond acceptors (Lipinski definition) is 3. The van der Waals surface area contributed by atoms with Crippen LogP contribution in [0.4, 0.5) is 0 Å². The minimum Gasteiger partial charge on any atom is -0.480 e. The monoisotopic (exact) mass is 341 g/mol.